The average molecular weight is 285 g/mol. The summed E-state index contributed by atoms with van der Waals surface area (Å²) in [7, 11) is 0. The van der Waals surface area contributed by atoms with E-state index in [-0.39, 0.29) is 6.04 Å². The standard InChI is InChI=1S/C16H19N3S/c1-11-8-9-17-15(10-11)19-16(20)18-13(3)14-7-5-4-6-12(14)2/h4-10,13H,1-3H3,(H2,17,18,19,20). The number of nitrogens with one attached hydrogen (secondary N) is 2. The maximum atomic E-state index is 5.34. The quantitative estimate of drug-likeness (QED) is 0.842. The third-order valence-corrected chi connectivity index (χ3v) is 3.38. The van der Waals surface area contributed by atoms with Crippen LogP contribution in [0, 0.1) is 13.8 Å². The minimum Gasteiger partial charge on any atom is -0.356 e. The number of rotatable bonds is 3. The summed E-state index contributed by atoms with van der Waals surface area (Å²) in [5.41, 5.74) is 3.65. The Labute approximate surface area is 125 Å². The SMILES string of the molecule is Cc1ccnc(NC(=S)NC(C)c2ccccc2C)c1. The molecule has 0 bridgehead atoms. The number of thiocarbonyl (C=S) groups is 1. The van der Waals surface area contributed by atoms with Crippen molar-refractivity contribution in [1.82, 2.24) is 10.3 Å². The fourth-order valence-corrected chi connectivity index (χ4v) is 2.39. The molecule has 0 spiro atoms. The third kappa shape index (κ3) is 3.78. The van der Waals surface area contributed by atoms with Gasteiger partial charge in [0.15, 0.2) is 5.11 Å². The Hall–Kier alpha value is -1.94. The lowest BCUT2D eigenvalue weighted by molar-refractivity contribution is 0.717. The molecule has 2 N–H and O–H groups in total. The number of hydrogen-bond acceptors (Lipinski definition) is 2. The molecule has 1 aromatic heterocycles. The minimum atomic E-state index is 0.154. The van der Waals surface area contributed by atoms with Gasteiger partial charge in [-0.15, -0.1) is 0 Å². The predicted octanol–water partition coefficient (Wildman–Crippen LogP) is 3.75. The van der Waals surface area contributed by atoms with Crippen LogP contribution >= 0.6 is 12.2 Å². The van der Waals surface area contributed by atoms with Crippen LogP contribution in [0.3, 0.4) is 0 Å². The van der Waals surface area contributed by atoms with Crippen LogP contribution in [0.4, 0.5) is 5.82 Å². The summed E-state index contributed by atoms with van der Waals surface area (Å²) in [6.45, 7) is 6.23. The third-order valence-electron chi connectivity index (χ3n) is 3.16. The van der Waals surface area contributed by atoms with E-state index < -0.39 is 0 Å². The second-order valence-electron chi connectivity index (χ2n) is 4.90. The molecule has 0 aliphatic rings. The van der Waals surface area contributed by atoms with Crippen molar-refractivity contribution in [2.45, 2.75) is 26.8 Å². The molecular weight excluding hydrogens is 266 g/mol. The van der Waals surface area contributed by atoms with Gasteiger partial charge in [-0.3, -0.25) is 0 Å². The Morgan fingerprint density at radius 2 is 1.95 bits per heavy atom. The molecule has 1 aromatic carbocycles. The highest BCUT2D eigenvalue weighted by molar-refractivity contribution is 7.80. The van der Waals surface area contributed by atoms with Gasteiger partial charge in [-0.2, -0.15) is 0 Å². The second kappa shape index (κ2) is 6.48. The molecular formula is C16H19N3S. The van der Waals surface area contributed by atoms with Gasteiger partial charge in [-0.1, -0.05) is 24.3 Å². The summed E-state index contributed by atoms with van der Waals surface area (Å²) in [6.07, 6.45) is 1.77. The molecule has 104 valence electrons. The zero-order valence-corrected chi connectivity index (χ0v) is 12.8. The van der Waals surface area contributed by atoms with Crippen molar-refractivity contribution in [1.29, 1.82) is 0 Å². The molecule has 0 saturated carbocycles. The maximum absolute atomic E-state index is 5.34. The molecule has 1 unspecified atom stereocenters. The molecule has 0 amide bonds. The van der Waals surface area contributed by atoms with E-state index >= 15 is 0 Å². The van der Waals surface area contributed by atoms with Gasteiger partial charge in [-0.25, -0.2) is 4.98 Å². The number of nitrogens with zero attached hydrogens (tertiary/aromatic N) is 1. The average Bonchev–Trinajstić information content (AvgIpc) is 2.38. The van der Waals surface area contributed by atoms with Crippen LogP contribution in [0.2, 0.25) is 0 Å². The highest BCUT2D eigenvalue weighted by Gasteiger charge is 2.09. The highest BCUT2D eigenvalue weighted by Crippen LogP contribution is 2.16. The lowest BCUT2D eigenvalue weighted by atomic mass is 10.0. The molecule has 2 rings (SSSR count). The molecule has 2 aromatic rings. The number of hydrogen-bond donors (Lipinski definition) is 2. The fourth-order valence-electron chi connectivity index (χ4n) is 2.10. The van der Waals surface area contributed by atoms with E-state index in [1.165, 1.54) is 11.1 Å². The van der Waals surface area contributed by atoms with Gasteiger partial charge in [-0.05, 0) is 61.8 Å². The van der Waals surface area contributed by atoms with Crippen molar-refractivity contribution < 1.29 is 0 Å². The van der Waals surface area contributed by atoms with Crippen molar-refractivity contribution in [3.8, 4) is 0 Å². The molecule has 1 heterocycles. The summed E-state index contributed by atoms with van der Waals surface area (Å²) in [5.74, 6) is 0.763. The van der Waals surface area contributed by atoms with E-state index in [4.69, 9.17) is 12.2 Å². The molecule has 3 nitrogen and oxygen atoms in total. The van der Waals surface area contributed by atoms with E-state index in [0.717, 1.165) is 11.4 Å². The number of pyridine rings is 1. The van der Waals surface area contributed by atoms with Crippen LogP contribution in [-0.2, 0) is 0 Å². The van der Waals surface area contributed by atoms with E-state index in [0.29, 0.717) is 5.11 Å². The second-order valence-corrected chi connectivity index (χ2v) is 5.30. The largest absolute Gasteiger partial charge is 0.356 e. The highest BCUT2D eigenvalue weighted by atomic mass is 32.1. The molecule has 20 heavy (non-hydrogen) atoms. The smallest absolute Gasteiger partial charge is 0.172 e. The zero-order chi connectivity index (χ0) is 14.5. The van der Waals surface area contributed by atoms with E-state index in [9.17, 15) is 0 Å². The van der Waals surface area contributed by atoms with Crippen LogP contribution in [0.25, 0.3) is 0 Å². The number of aromatic nitrogens is 1. The van der Waals surface area contributed by atoms with Crippen LogP contribution in [0.5, 0.6) is 0 Å². The van der Waals surface area contributed by atoms with E-state index in [1.807, 2.05) is 31.2 Å². The van der Waals surface area contributed by atoms with Crippen molar-refractivity contribution in [2.75, 3.05) is 5.32 Å². The molecule has 0 fully saturated rings. The summed E-state index contributed by atoms with van der Waals surface area (Å²) >= 11 is 5.34. The number of anilines is 1. The van der Waals surface area contributed by atoms with Gasteiger partial charge in [0.25, 0.3) is 0 Å². The first kappa shape index (κ1) is 14.5. The maximum Gasteiger partial charge on any atom is 0.172 e. The fraction of sp³-hybridized carbons (Fsp3) is 0.250. The van der Waals surface area contributed by atoms with Gasteiger partial charge >= 0.3 is 0 Å². The monoisotopic (exact) mass is 285 g/mol. The Bertz CT molecular complexity index is 610. The van der Waals surface area contributed by atoms with Crippen LogP contribution in [-0.4, -0.2) is 10.1 Å². The molecule has 0 aliphatic carbocycles. The van der Waals surface area contributed by atoms with Crippen molar-refractivity contribution in [3.63, 3.8) is 0 Å². The Balaban J connectivity index is 2.00. The topological polar surface area (TPSA) is 37.0 Å². The molecule has 0 radical (unpaired) electrons. The zero-order valence-electron chi connectivity index (χ0n) is 12.0. The summed E-state index contributed by atoms with van der Waals surface area (Å²) in [6, 6.07) is 12.4. The Morgan fingerprint density at radius 3 is 2.65 bits per heavy atom. The van der Waals surface area contributed by atoms with E-state index in [1.54, 1.807) is 6.20 Å². The molecule has 0 aliphatic heterocycles. The Morgan fingerprint density at radius 1 is 1.20 bits per heavy atom. The van der Waals surface area contributed by atoms with Crippen LogP contribution < -0.4 is 10.6 Å². The van der Waals surface area contributed by atoms with Gasteiger partial charge in [0.05, 0.1) is 6.04 Å². The van der Waals surface area contributed by atoms with E-state index in [2.05, 4.69) is 41.6 Å². The summed E-state index contributed by atoms with van der Waals surface area (Å²) < 4.78 is 0. The van der Waals surface area contributed by atoms with Gasteiger partial charge in [0, 0.05) is 6.20 Å². The van der Waals surface area contributed by atoms with Gasteiger partial charge in [0.1, 0.15) is 5.82 Å². The number of aryl methyl sites for hydroxylation is 2. The molecule has 4 heteroatoms. The Kier molecular flexibility index (Phi) is 4.69. The van der Waals surface area contributed by atoms with Crippen LogP contribution in [0.1, 0.15) is 29.7 Å². The first-order valence-corrected chi connectivity index (χ1v) is 7.03. The van der Waals surface area contributed by atoms with Gasteiger partial charge < -0.3 is 10.6 Å². The first-order chi connectivity index (χ1) is 9.56. The van der Waals surface area contributed by atoms with Gasteiger partial charge in [0.2, 0.25) is 0 Å². The molecule has 0 saturated heterocycles. The number of benzene rings is 1. The lowest BCUT2D eigenvalue weighted by Gasteiger charge is -2.18. The van der Waals surface area contributed by atoms with Crippen molar-refractivity contribution in [3.05, 3.63) is 59.3 Å². The molecule has 1 atom stereocenters. The summed E-state index contributed by atoms with van der Waals surface area (Å²) in [5, 5.41) is 6.98. The first-order valence-electron chi connectivity index (χ1n) is 6.62. The lowest BCUT2D eigenvalue weighted by Crippen LogP contribution is -2.31. The van der Waals surface area contributed by atoms with Crippen LogP contribution in [0.15, 0.2) is 42.6 Å². The minimum absolute atomic E-state index is 0.154. The summed E-state index contributed by atoms with van der Waals surface area (Å²) in [4.78, 5) is 4.24. The normalized spacial score (nSPS) is 11.8. The predicted molar refractivity (Wildman–Crippen MR) is 87.9 cm³/mol. The van der Waals surface area contributed by atoms with Crippen molar-refractivity contribution >= 4 is 23.1 Å². The van der Waals surface area contributed by atoms with Crippen molar-refractivity contribution in [2.24, 2.45) is 0 Å².